The zero-order valence-corrected chi connectivity index (χ0v) is 10.7. The van der Waals surface area contributed by atoms with Crippen LogP contribution < -0.4 is 4.74 Å². The number of methoxy groups -OCH3 is 1. The van der Waals surface area contributed by atoms with Crippen molar-refractivity contribution in [3.8, 4) is 5.88 Å². The molecule has 0 bridgehead atoms. The summed E-state index contributed by atoms with van der Waals surface area (Å²) in [6, 6.07) is 0. The topological polar surface area (TPSA) is 52.8 Å². The number of ether oxygens (including phenoxy) is 1. The van der Waals surface area contributed by atoms with Crippen LogP contribution in [0.4, 0.5) is 0 Å². The molecular weight excluding hydrogens is 260 g/mol. The third kappa shape index (κ3) is 2.26. The van der Waals surface area contributed by atoms with Crippen molar-refractivity contribution in [3.63, 3.8) is 0 Å². The fourth-order valence-electron chi connectivity index (χ4n) is 1.10. The first kappa shape index (κ1) is 11.9. The zero-order valence-electron chi connectivity index (χ0n) is 9.15. The second kappa shape index (κ2) is 5.06. The van der Waals surface area contributed by atoms with Crippen molar-refractivity contribution in [2.75, 3.05) is 7.11 Å². The second-order valence-electron chi connectivity index (χ2n) is 2.53. The van der Waals surface area contributed by atoms with Gasteiger partial charge in [0.1, 0.15) is 0 Å². The van der Waals surface area contributed by atoms with E-state index in [0.717, 1.165) is 5.65 Å². The minimum Gasteiger partial charge on any atom is -0.479 e. The SMILES string of the molecule is CC.COc1nc(Br)nc2c1ncn2C. The molecule has 0 aromatic carbocycles. The van der Waals surface area contributed by atoms with Crippen LogP contribution in [0.5, 0.6) is 5.88 Å². The van der Waals surface area contributed by atoms with E-state index in [1.807, 2.05) is 25.5 Å². The summed E-state index contributed by atoms with van der Waals surface area (Å²) < 4.78 is 7.37. The minimum absolute atomic E-state index is 0.484. The number of halogens is 1. The predicted octanol–water partition coefficient (Wildman–Crippen LogP) is 2.16. The number of nitrogens with zero attached hydrogens (tertiary/aromatic N) is 4. The molecule has 15 heavy (non-hydrogen) atoms. The molecule has 2 heterocycles. The predicted molar refractivity (Wildman–Crippen MR) is 61.9 cm³/mol. The third-order valence-corrected chi connectivity index (χ3v) is 2.05. The van der Waals surface area contributed by atoms with Crippen molar-refractivity contribution in [2.24, 2.45) is 7.05 Å². The Hall–Kier alpha value is -1.17. The third-order valence-electron chi connectivity index (χ3n) is 1.69. The number of rotatable bonds is 1. The van der Waals surface area contributed by atoms with E-state index in [1.54, 1.807) is 13.4 Å². The molecule has 2 rings (SSSR count). The van der Waals surface area contributed by atoms with E-state index < -0.39 is 0 Å². The monoisotopic (exact) mass is 272 g/mol. The number of aryl methyl sites for hydroxylation is 1. The average Bonchev–Trinajstić information content (AvgIpc) is 2.62. The van der Waals surface area contributed by atoms with Gasteiger partial charge in [-0.25, -0.2) is 9.97 Å². The van der Waals surface area contributed by atoms with Crippen LogP contribution >= 0.6 is 15.9 Å². The van der Waals surface area contributed by atoms with Gasteiger partial charge < -0.3 is 9.30 Å². The summed E-state index contributed by atoms with van der Waals surface area (Å²) in [4.78, 5) is 12.3. The highest BCUT2D eigenvalue weighted by Crippen LogP contribution is 2.21. The van der Waals surface area contributed by atoms with Gasteiger partial charge in [0, 0.05) is 7.05 Å². The molecule has 0 aliphatic rings. The molecule has 0 radical (unpaired) electrons. The molecule has 0 spiro atoms. The van der Waals surface area contributed by atoms with Gasteiger partial charge in [-0.2, -0.15) is 4.98 Å². The molecule has 0 N–H and O–H groups in total. The van der Waals surface area contributed by atoms with E-state index >= 15 is 0 Å². The van der Waals surface area contributed by atoms with Gasteiger partial charge in [0.2, 0.25) is 10.6 Å². The molecule has 0 aliphatic carbocycles. The number of aromatic nitrogens is 4. The van der Waals surface area contributed by atoms with Crippen LogP contribution in [-0.4, -0.2) is 26.6 Å². The normalized spacial score (nSPS) is 9.67. The van der Waals surface area contributed by atoms with E-state index in [0.29, 0.717) is 16.1 Å². The van der Waals surface area contributed by atoms with E-state index in [1.165, 1.54) is 0 Å². The fraction of sp³-hybridized carbons (Fsp3) is 0.444. The number of fused-ring (bicyclic) bond motifs is 1. The van der Waals surface area contributed by atoms with E-state index in [2.05, 4.69) is 30.9 Å². The number of hydrogen-bond acceptors (Lipinski definition) is 4. The lowest BCUT2D eigenvalue weighted by Gasteiger charge is -1.99. The van der Waals surface area contributed by atoms with Gasteiger partial charge in [-0.15, -0.1) is 0 Å². The van der Waals surface area contributed by atoms with Crippen LogP contribution in [0.15, 0.2) is 11.1 Å². The fourth-order valence-corrected chi connectivity index (χ4v) is 1.43. The van der Waals surface area contributed by atoms with Crippen molar-refractivity contribution in [1.29, 1.82) is 0 Å². The van der Waals surface area contributed by atoms with Crippen LogP contribution in [0.25, 0.3) is 11.2 Å². The summed E-state index contributed by atoms with van der Waals surface area (Å²) in [7, 11) is 3.43. The summed E-state index contributed by atoms with van der Waals surface area (Å²) in [6.07, 6.45) is 1.67. The van der Waals surface area contributed by atoms with E-state index in [-0.39, 0.29) is 0 Å². The van der Waals surface area contributed by atoms with Gasteiger partial charge in [0.15, 0.2) is 11.2 Å². The standard InChI is InChI=1S/C7H7BrN4O.C2H6/c1-12-3-9-4-5(12)10-7(8)11-6(4)13-2;1-2/h3H,1-2H3;1-2H3. The molecule has 0 saturated carbocycles. The maximum atomic E-state index is 5.06. The van der Waals surface area contributed by atoms with Gasteiger partial charge in [-0.1, -0.05) is 13.8 Å². The lowest BCUT2D eigenvalue weighted by atomic mass is 10.5. The van der Waals surface area contributed by atoms with Crippen LogP contribution in [0.1, 0.15) is 13.8 Å². The van der Waals surface area contributed by atoms with Crippen LogP contribution in [0.3, 0.4) is 0 Å². The first-order valence-electron chi connectivity index (χ1n) is 4.61. The molecule has 0 unspecified atom stereocenters. The summed E-state index contributed by atoms with van der Waals surface area (Å²) in [5.74, 6) is 0.484. The van der Waals surface area contributed by atoms with Gasteiger partial charge in [-0.3, -0.25) is 0 Å². The quantitative estimate of drug-likeness (QED) is 0.747. The highest BCUT2D eigenvalue weighted by molar-refractivity contribution is 9.10. The van der Waals surface area contributed by atoms with Gasteiger partial charge in [0.05, 0.1) is 13.4 Å². The highest BCUT2D eigenvalue weighted by atomic mass is 79.9. The molecular formula is C9H13BrN4O. The van der Waals surface area contributed by atoms with E-state index in [4.69, 9.17) is 4.74 Å². The van der Waals surface area contributed by atoms with Gasteiger partial charge in [-0.05, 0) is 15.9 Å². The first-order valence-corrected chi connectivity index (χ1v) is 5.40. The molecule has 5 nitrogen and oxygen atoms in total. The Bertz CT molecular complexity index is 455. The Labute approximate surface area is 96.6 Å². The summed E-state index contributed by atoms with van der Waals surface area (Å²) in [6.45, 7) is 4.00. The molecule has 6 heteroatoms. The second-order valence-corrected chi connectivity index (χ2v) is 3.24. The summed E-state index contributed by atoms with van der Waals surface area (Å²) in [5.41, 5.74) is 1.42. The molecule has 0 amide bonds. The Balaban J connectivity index is 0.000000531. The Morgan fingerprint density at radius 3 is 2.60 bits per heavy atom. The lowest BCUT2D eigenvalue weighted by molar-refractivity contribution is 0.400. The van der Waals surface area contributed by atoms with Crippen molar-refractivity contribution in [3.05, 3.63) is 11.1 Å². The molecule has 0 atom stereocenters. The zero-order chi connectivity index (χ0) is 11.4. The Kier molecular flexibility index (Phi) is 4.02. The first-order chi connectivity index (χ1) is 7.22. The van der Waals surface area contributed by atoms with Gasteiger partial charge >= 0.3 is 0 Å². The molecule has 0 fully saturated rings. The van der Waals surface area contributed by atoms with Crippen molar-refractivity contribution < 1.29 is 4.74 Å². The van der Waals surface area contributed by atoms with Crippen molar-refractivity contribution >= 4 is 27.1 Å². The maximum absolute atomic E-state index is 5.06. The summed E-state index contributed by atoms with van der Waals surface area (Å²) in [5, 5.41) is 0. The molecule has 2 aromatic rings. The van der Waals surface area contributed by atoms with Crippen LogP contribution in [0.2, 0.25) is 0 Å². The minimum atomic E-state index is 0.484. The average molecular weight is 273 g/mol. The Morgan fingerprint density at radius 2 is 2.00 bits per heavy atom. The molecule has 0 aliphatic heterocycles. The molecule has 2 aromatic heterocycles. The molecule has 0 saturated heterocycles. The highest BCUT2D eigenvalue weighted by Gasteiger charge is 2.10. The largest absolute Gasteiger partial charge is 0.479 e. The Morgan fingerprint density at radius 1 is 1.33 bits per heavy atom. The van der Waals surface area contributed by atoms with Crippen LogP contribution in [0, 0.1) is 0 Å². The van der Waals surface area contributed by atoms with Crippen molar-refractivity contribution in [1.82, 2.24) is 19.5 Å². The summed E-state index contributed by atoms with van der Waals surface area (Å²) >= 11 is 3.20. The van der Waals surface area contributed by atoms with E-state index in [9.17, 15) is 0 Å². The van der Waals surface area contributed by atoms with Crippen molar-refractivity contribution in [2.45, 2.75) is 13.8 Å². The van der Waals surface area contributed by atoms with Crippen LogP contribution in [-0.2, 0) is 7.05 Å². The van der Waals surface area contributed by atoms with Gasteiger partial charge in [0.25, 0.3) is 0 Å². The lowest BCUT2D eigenvalue weighted by Crippen LogP contribution is -1.94. The smallest absolute Gasteiger partial charge is 0.246 e. The number of imidazole rings is 1. The molecule has 82 valence electrons. The maximum Gasteiger partial charge on any atom is 0.246 e. The number of hydrogen-bond donors (Lipinski definition) is 0.